The number of rotatable bonds is 5. The Balaban J connectivity index is 2.87. The van der Waals surface area contributed by atoms with E-state index in [0.29, 0.717) is 0 Å². The van der Waals surface area contributed by atoms with Gasteiger partial charge in [-0.2, -0.15) is 0 Å². The molecule has 0 saturated carbocycles. The number of nitrogens with zero attached hydrogens (tertiary/aromatic N) is 1. The van der Waals surface area contributed by atoms with Crippen LogP contribution in [0.2, 0.25) is 0 Å². The van der Waals surface area contributed by atoms with Gasteiger partial charge in [-0.15, -0.1) is 0 Å². The molecule has 1 aromatic rings. The molecule has 0 heterocycles. The fourth-order valence-corrected chi connectivity index (χ4v) is 1.99. The number of benzene rings is 1. The van der Waals surface area contributed by atoms with Crippen molar-refractivity contribution in [3.8, 4) is 0 Å². The first-order chi connectivity index (χ1) is 8.20. The highest BCUT2D eigenvalue weighted by Gasteiger charge is 2.39. The number of anilines is 1. The monoisotopic (exact) mass is 249 g/mol. The lowest BCUT2D eigenvalue weighted by molar-refractivity contribution is 0.0306. The summed E-state index contributed by atoms with van der Waals surface area (Å²) in [5.74, 6) is 5.98. The van der Waals surface area contributed by atoms with E-state index in [9.17, 15) is 0 Å². The van der Waals surface area contributed by atoms with Crippen molar-refractivity contribution in [2.45, 2.75) is 39.7 Å². The molecule has 3 nitrogen and oxygen atoms in total. The molecule has 0 unspecified atom stereocenters. The largest absolute Gasteiger partial charge is 0.388 e. The molecule has 0 amide bonds. The highest BCUT2D eigenvalue weighted by Crippen LogP contribution is 2.36. The minimum Gasteiger partial charge on any atom is -0.388 e. The van der Waals surface area contributed by atoms with Crippen LogP contribution in [0.15, 0.2) is 24.3 Å². The van der Waals surface area contributed by atoms with Crippen LogP contribution < -0.4 is 11.2 Å². The van der Waals surface area contributed by atoms with Crippen molar-refractivity contribution >= 4 is 5.69 Å². The van der Waals surface area contributed by atoms with Gasteiger partial charge in [0.25, 0.3) is 0 Å². The van der Waals surface area contributed by atoms with Crippen LogP contribution in [-0.2, 0) is 6.42 Å². The van der Waals surface area contributed by atoms with Crippen LogP contribution in [0, 0.1) is 5.41 Å². The molecule has 1 rings (SSSR count). The summed E-state index contributed by atoms with van der Waals surface area (Å²) in [6.45, 7) is 8.91. The van der Waals surface area contributed by atoms with Gasteiger partial charge in [0.15, 0.2) is 0 Å². The van der Waals surface area contributed by atoms with Crippen molar-refractivity contribution in [1.82, 2.24) is 5.01 Å². The molecule has 102 valence electrons. The normalized spacial score (nSPS) is 12.9. The quantitative estimate of drug-likeness (QED) is 0.623. The molecule has 0 spiro atoms. The first-order valence-electron chi connectivity index (χ1n) is 6.46. The van der Waals surface area contributed by atoms with Gasteiger partial charge in [-0.05, 0) is 43.4 Å². The summed E-state index contributed by atoms with van der Waals surface area (Å²) >= 11 is 0. The molecular weight excluding hydrogens is 222 g/mol. The van der Waals surface area contributed by atoms with Crippen molar-refractivity contribution in [1.29, 1.82) is 0 Å². The second-order valence-electron chi connectivity index (χ2n) is 6.18. The summed E-state index contributed by atoms with van der Waals surface area (Å²) in [5, 5.41) is 4.95. The minimum absolute atomic E-state index is 0.0608. The SMILES string of the molecule is CNc1ccc(CC(C)(C)C(C)(C)N(C)N)cc1. The summed E-state index contributed by atoms with van der Waals surface area (Å²) in [6, 6.07) is 8.59. The predicted octanol–water partition coefficient (Wildman–Crippen LogP) is 2.88. The number of nitrogens with one attached hydrogen (secondary N) is 1. The zero-order valence-corrected chi connectivity index (χ0v) is 12.5. The molecule has 0 radical (unpaired) electrons. The first kappa shape index (κ1) is 15.0. The molecule has 0 fully saturated rings. The van der Waals surface area contributed by atoms with E-state index in [1.807, 2.05) is 19.1 Å². The molecule has 18 heavy (non-hydrogen) atoms. The van der Waals surface area contributed by atoms with Gasteiger partial charge in [0.05, 0.1) is 0 Å². The van der Waals surface area contributed by atoms with Crippen molar-refractivity contribution in [2.24, 2.45) is 11.3 Å². The molecule has 3 heteroatoms. The molecule has 0 saturated heterocycles. The Labute approximate surface area is 111 Å². The number of hydrazine groups is 1. The van der Waals surface area contributed by atoms with Gasteiger partial charge in [0, 0.05) is 25.3 Å². The van der Waals surface area contributed by atoms with E-state index in [1.54, 1.807) is 0 Å². The summed E-state index contributed by atoms with van der Waals surface area (Å²) in [4.78, 5) is 0. The second kappa shape index (κ2) is 5.29. The van der Waals surface area contributed by atoms with Crippen LogP contribution in [0.4, 0.5) is 5.69 Å². The average Bonchev–Trinajstić information content (AvgIpc) is 2.29. The zero-order chi connectivity index (χ0) is 14.0. The Bertz CT molecular complexity index is 377. The minimum atomic E-state index is -0.0608. The third-order valence-electron chi connectivity index (χ3n) is 4.43. The van der Waals surface area contributed by atoms with Crippen molar-refractivity contribution in [3.05, 3.63) is 29.8 Å². The summed E-state index contributed by atoms with van der Waals surface area (Å²) in [5.41, 5.74) is 2.52. The lowest BCUT2D eigenvalue weighted by Crippen LogP contribution is -2.56. The Morgan fingerprint density at radius 1 is 1.11 bits per heavy atom. The van der Waals surface area contributed by atoms with Crippen LogP contribution in [0.25, 0.3) is 0 Å². The van der Waals surface area contributed by atoms with E-state index >= 15 is 0 Å². The molecule has 0 aliphatic heterocycles. The van der Waals surface area contributed by atoms with Gasteiger partial charge < -0.3 is 5.32 Å². The van der Waals surface area contributed by atoms with E-state index in [0.717, 1.165) is 12.1 Å². The summed E-state index contributed by atoms with van der Waals surface area (Å²) < 4.78 is 0. The van der Waals surface area contributed by atoms with E-state index in [2.05, 4.69) is 57.3 Å². The lowest BCUT2D eigenvalue weighted by atomic mass is 9.70. The maximum atomic E-state index is 5.98. The Morgan fingerprint density at radius 2 is 1.61 bits per heavy atom. The predicted molar refractivity (Wildman–Crippen MR) is 79.5 cm³/mol. The van der Waals surface area contributed by atoms with Gasteiger partial charge in [-0.3, -0.25) is 5.84 Å². The molecular formula is C15H27N3. The molecule has 3 N–H and O–H groups in total. The highest BCUT2D eigenvalue weighted by molar-refractivity contribution is 5.44. The Kier molecular flexibility index (Phi) is 4.41. The highest BCUT2D eigenvalue weighted by atomic mass is 15.4. The van der Waals surface area contributed by atoms with E-state index in [1.165, 1.54) is 5.56 Å². The van der Waals surface area contributed by atoms with Gasteiger partial charge in [0.2, 0.25) is 0 Å². The molecule has 1 aromatic carbocycles. The van der Waals surface area contributed by atoms with Crippen molar-refractivity contribution in [3.63, 3.8) is 0 Å². The van der Waals surface area contributed by atoms with Crippen molar-refractivity contribution < 1.29 is 0 Å². The summed E-state index contributed by atoms with van der Waals surface area (Å²) in [7, 11) is 3.87. The van der Waals surface area contributed by atoms with Crippen LogP contribution in [0.5, 0.6) is 0 Å². The fourth-order valence-electron chi connectivity index (χ4n) is 1.99. The third-order valence-corrected chi connectivity index (χ3v) is 4.43. The van der Waals surface area contributed by atoms with Gasteiger partial charge >= 0.3 is 0 Å². The van der Waals surface area contributed by atoms with Crippen molar-refractivity contribution in [2.75, 3.05) is 19.4 Å². The van der Waals surface area contributed by atoms with Gasteiger partial charge in [-0.1, -0.05) is 26.0 Å². The number of hydrogen-bond donors (Lipinski definition) is 2. The fraction of sp³-hybridized carbons (Fsp3) is 0.600. The van der Waals surface area contributed by atoms with Crippen LogP contribution in [-0.4, -0.2) is 24.6 Å². The molecule has 0 aliphatic rings. The van der Waals surface area contributed by atoms with E-state index in [4.69, 9.17) is 5.84 Å². The third kappa shape index (κ3) is 3.03. The summed E-state index contributed by atoms with van der Waals surface area (Å²) in [6.07, 6.45) is 1.01. The Morgan fingerprint density at radius 3 is 2.00 bits per heavy atom. The standard InChI is InChI=1S/C15H27N3/c1-14(2,15(3,4)18(6)16)11-12-7-9-13(17-5)10-8-12/h7-10,17H,11,16H2,1-6H3. The Hall–Kier alpha value is -1.06. The molecule has 0 bridgehead atoms. The molecule has 0 aliphatic carbocycles. The number of hydrogen-bond acceptors (Lipinski definition) is 3. The second-order valence-corrected chi connectivity index (χ2v) is 6.18. The van der Waals surface area contributed by atoms with E-state index < -0.39 is 0 Å². The maximum Gasteiger partial charge on any atom is 0.0346 e. The molecule has 0 atom stereocenters. The van der Waals surface area contributed by atoms with Gasteiger partial charge in [-0.25, -0.2) is 5.01 Å². The van der Waals surface area contributed by atoms with Crippen LogP contribution in [0.1, 0.15) is 33.3 Å². The topological polar surface area (TPSA) is 41.3 Å². The molecule has 0 aromatic heterocycles. The van der Waals surface area contributed by atoms with Crippen LogP contribution >= 0.6 is 0 Å². The first-order valence-corrected chi connectivity index (χ1v) is 6.46. The van der Waals surface area contributed by atoms with E-state index in [-0.39, 0.29) is 11.0 Å². The smallest absolute Gasteiger partial charge is 0.0346 e. The maximum absolute atomic E-state index is 5.98. The zero-order valence-electron chi connectivity index (χ0n) is 12.5. The lowest BCUT2D eigenvalue weighted by Gasteiger charge is -2.46. The van der Waals surface area contributed by atoms with Gasteiger partial charge in [0.1, 0.15) is 0 Å². The van der Waals surface area contributed by atoms with Crippen LogP contribution in [0.3, 0.4) is 0 Å². The number of nitrogens with two attached hydrogens (primary N) is 1. The average molecular weight is 249 g/mol.